The highest BCUT2D eigenvalue weighted by atomic mass is 79.9. The smallest absolute Gasteiger partial charge is 0.0596 e. The van der Waals surface area contributed by atoms with E-state index in [1.165, 1.54) is 21.2 Å². The van der Waals surface area contributed by atoms with Gasteiger partial charge in [0, 0.05) is 4.47 Å². The molecule has 96 valence electrons. The van der Waals surface area contributed by atoms with Crippen LogP contribution in [0.25, 0.3) is 0 Å². The van der Waals surface area contributed by atoms with Gasteiger partial charge < -0.3 is 5.32 Å². The van der Waals surface area contributed by atoms with E-state index in [0.717, 1.165) is 13.0 Å². The lowest BCUT2D eigenvalue weighted by Gasteiger charge is -2.20. The largest absolute Gasteiger partial charge is 0.306 e. The number of thiophene rings is 1. The Morgan fingerprint density at radius 1 is 1.33 bits per heavy atom. The first-order valence-electron chi connectivity index (χ1n) is 6.24. The monoisotopic (exact) mass is 323 g/mol. The van der Waals surface area contributed by atoms with Crippen molar-refractivity contribution in [2.45, 2.75) is 26.3 Å². The minimum absolute atomic E-state index is 0.283. The van der Waals surface area contributed by atoms with Crippen LogP contribution in [0.5, 0.6) is 0 Å². The molecule has 0 aliphatic rings. The molecule has 1 aromatic carbocycles. The zero-order valence-corrected chi connectivity index (χ0v) is 13.1. The summed E-state index contributed by atoms with van der Waals surface area (Å²) in [6.07, 6.45) is 1.14. The summed E-state index contributed by atoms with van der Waals surface area (Å²) in [5.41, 5.74) is 3.97. The highest BCUT2D eigenvalue weighted by molar-refractivity contribution is 9.10. The average Bonchev–Trinajstić information content (AvgIpc) is 2.88. The fourth-order valence-electron chi connectivity index (χ4n) is 2.02. The molecular formula is C15H18BrNS. The van der Waals surface area contributed by atoms with Crippen LogP contribution < -0.4 is 5.32 Å². The minimum Gasteiger partial charge on any atom is -0.306 e. The van der Waals surface area contributed by atoms with Crippen molar-refractivity contribution in [2.75, 3.05) is 6.54 Å². The minimum atomic E-state index is 0.283. The van der Waals surface area contributed by atoms with E-state index >= 15 is 0 Å². The van der Waals surface area contributed by atoms with Crippen LogP contribution in [0.1, 0.15) is 36.1 Å². The van der Waals surface area contributed by atoms with E-state index in [2.05, 4.69) is 70.1 Å². The Balaban J connectivity index is 2.36. The molecule has 0 saturated carbocycles. The lowest BCUT2D eigenvalue weighted by Crippen LogP contribution is -2.23. The summed E-state index contributed by atoms with van der Waals surface area (Å²) in [6, 6.07) is 9.02. The summed E-state index contributed by atoms with van der Waals surface area (Å²) in [5, 5.41) is 8.00. The topological polar surface area (TPSA) is 12.0 Å². The molecule has 1 heterocycles. The fraction of sp³-hybridized carbons (Fsp3) is 0.333. The van der Waals surface area contributed by atoms with E-state index in [0.29, 0.717) is 0 Å². The van der Waals surface area contributed by atoms with Crippen molar-refractivity contribution in [1.82, 2.24) is 5.32 Å². The van der Waals surface area contributed by atoms with Crippen molar-refractivity contribution in [3.05, 3.63) is 56.2 Å². The van der Waals surface area contributed by atoms with Gasteiger partial charge in [-0.15, -0.1) is 0 Å². The molecule has 2 rings (SSSR count). The Labute approximate surface area is 121 Å². The van der Waals surface area contributed by atoms with Crippen LogP contribution >= 0.6 is 27.3 Å². The molecule has 0 amide bonds. The van der Waals surface area contributed by atoms with Gasteiger partial charge in [0.25, 0.3) is 0 Å². The second-order valence-corrected chi connectivity index (χ2v) is 6.10. The van der Waals surface area contributed by atoms with Gasteiger partial charge in [0.15, 0.2) is 0 Å². The summed E-state index contributed by atoms with van der Waals surface area (Å²) in [7, 11) is 0. The second-order valence-electron chi connectivity index (χ2n) is 4.47. The molecule has 2 aromatic rings. The zero-order valence-electron chi connectivity index (χ0n) is 10.7. The summed E-state index contributed by atoms with van der Waals surface area (Å²) < 4.78 is 1.17. The van der Waals surface area contributed by atoms with E-state index in [9.17, 15) is 0 Å². The van der Waals surface area contributed by atoms with Crippen LogP contribution in [0.4, 0.5) is 0 Å². The van der Waals surface area contributed by atoms with Crippen molar-refractivity contribution < 1.29 is 0 Å². The van der Waals surface area contributed by atoms with Crippen molar-refractivity contribution >= 4 is 27.3 Å². The van der Waals surface area contributed by atoms with E-state index in [4.69, 9.17) is 0 Å². The van der Waals surface area contributed by atoms with E-state index in [1.54, 1.807) is 11.3 Å². The lowest BCUT2D eigenvalue weighted by atomic mass is 9.99. The van der Waals surface area contributed by atoms with Gasteiger partial charge in [-0.1, -0.05) is 40.5 Å². The number of hydrogen-bond donors (Lipinski definition) is 1. The van der Waals surface area contributed by atoms with Gasteiger partial charge >= 0.3 is 0 Å². The third-order valence-corrected chi connectivity index (χ3v) is 4.36. The molecule has 1 atom stereocenters. The number of benzene rings is 1. The van der Waals surface area contributed by atoms with Crippen LogP contribution in [0.3, 0.4) is 0 Å². The van der Waals surface area contributed by atoms with E-state index in [1.807, 2.05) is 0 Å². The molecule has 1 aromatic heterocycles. The predicted octanol–water partition coefficient (Wildman–Crippen LogP) is 4.91. The fourth-order valence-corrected chi connectivity index (χ4v) is 3.18. The summed E-state index contributed by atoms with van der Waals surface area (Å²) in [4.78, 5) is 0. The van der Waals surface area contributed by atoms with Gasteiger partial charge in [-0.25, -0.2) is 0 Å². The predicted molar refractivity (Wildman–Crippen MR) is 83.3 cm³/mol. The molecular weight excluding hydrogens is 306 g/mol. The highest BCUT2D eigenvalue weighted by Gasteiger charge is 2.16. The van der Waals surface area contributed by atoms with E-state index in [-0.39, 0.29) is 6.04 Å². The molecule has 0 aliphatic carbocycles. The molecule has 0 saturated heterocycles. The first-order valence-corrected chi connectivity index (χ1v) is 7.97. The molecule has 1 N–H and O–H groups in total. The molecule has 0 fully saturated rings. The first-order chi connectivity index (χ1) is 8.72. The molecule has 18 heavy (non-hydrogen) atoms. The summed E-state index contributed by atoms with van der Waals surface area (Å²) >= 11 is 5.42. The Bertz CT molecular complexity index is 493. The summed E-state index contributed by atoms with van der Waals surface area (Å²) in [6.45, 7) is 5.37. The summed E-state index contributed by atoms with van der Waals surface area (Å²) in [5.74, 6) is 0. The van der Waals surface area contributed by atoms with Crippen LogP contribution in [0.15, 0.2) is 39.5 Å². The second kappa shape index (κ2) is 6.50. The van der Waals surface area contributed by atoms with Gasteiger partial charge in [-0.3, -0.25) is 0 Å². The zero-order chi connectivity index (χ0) is 13.0. The third-order valence-electron chi connectivity index (χ3n) is 2.94. The van der Waals surface area contributed by atoms with Crippen molar-refractivity contribution in [2.24, 2.45) is 0 Å². The van der Waals surface area contributed by atoms with Crippen LogP contribution in [0.2, 0.25) is 0 Å². The number of aryl methyl sites for hydroxylation is 1. The molecule has 0 aliphatic heterocycles. The van der Waals surface area contributed by atoms with Gasteiger partial charge in [0.1, 0.15) is 0 Å². The lowest BCUT2D eigenvalue weighted by molar-refractivity contribution is 0.598. The molecule has 0 spiro atoms. The van der Waals surface area contributed by atoms with Gasteiger partial charge in [0.2, 0.25) is 0 Å². The quantitative estimate of drug-likeness (QED) is 0.824. The number of hydrogen-bond acceptors (Lipinski definition) is 2. The van der Waals surface area contributed by atoms with E-state index < -0.39 is 0 Å². The van der Waals surface area contributed by atoms with Crippen LogP contribution in [-0.4, -0.2) is 6.54 Å². The Morgan fingerprint density at radius 3 is 2.83 bits per heavy atom. The number of halogens is 1. The Hall–Kier alpha value is -0.640. The maximum atomic E-state index is 3.67. The molecule has 3 heteroatoms. The number of rotatable bonds is 5. The maximum absolute atomic E-state index is 3.67. The SMILES string of the molecule is CCCNC(c1ccsc1)c1cc(C)ccc1Br. The van der Waals surface area contributed by atoms with Gasteiger partial charge in [-0.2, -0.15) is 11.3 Å². The van der Waals surface area contributed by atoms with Crippen molar-refractivity contribution in [1.29, 1.82) is 0 Å². The van der Waals surface area contributed by atoms with Crippen LogP contribution in [0, 0.1) is 6.92 Å². The molecule has 1 nitrogen and oxygen atoms in total. The average molecular weight is 324 g/mol. The maximum Gasteiger partial charge on any atom is 0.0596 e. The van der Waals surface area contributed by atoms with Crippen molar-refractivity contribution in [3.8, 4) is 0 Å². The van der Waals surface area contributed by atoms with Gasteiger partial charge in [-0.05, 0) is 53.9 Å². The van der Waals surface area contributed by atoms with Crippen molar-refractivity contribution in [3.63, 3.8) is 0 Å². The Morgan fingerprint density at radius 2 is 2.17 bits per heavy atom. The van der Waals surface area contributed by atoms with Crippen LogP contribution in [-0.2, 0) is 0 Å². The molecule has 0 radical (unpaired) electrons. The number of nitrogens with one attached hydrogen (secondary N) is 1. The molecule has 0 bridgehead atoms. The first kappa shape index (κ1) is 13.8. The highest BCUT2D eigenvalue weighted by Crippen LogP contribution is 2.30. The Kier molecular flexibility index (Phi) is 4.98. The standard InChI is InChI=1S/C15H18BrNS/c1-3-7-17-15(12-6-8-18-10-12)13-9-11(2)4-5-14(13)16/h4-6,8-10,15,17H,3,7H2,1-2H3. The third kappa shape index (κ3) is 3.22. The van der Waals surface area contributed by atoms with Gasteiger partial charge in [0.05, 0.1) is 6.04 Å². The molecule has 1 unspecified atom stereocenters. The normalized spacial score (nSPS) is 12.6.